The molecule has 1 heterocycles. The van der Waals surface area contributed by atoms with Gasteiger partial charge in [-0.05, 0) is 40.4 Å². The molecule has 0 bridgehead atoms. The molecule has 0 amide bonds. The van der Waals surface area contributed by atoms with E-state index in [2.05, 4.69) is 15.5 Å². The zero-order valence-electron chi connectivity index (χ0n) is 9.82. The van der Waals surface area contributed by atoms with Gasteiger partial charge in [0, 0.05) is 17.6 Å². The van der Waals surface area contributed by atoms with Crippen LogP contribution in [-0.4, -0.2) is 33.3 Å². The molecule has 1 aromatic carbocycles. The van der Waals surface area contributed by atoms with Crippen LogP contribution in [0.5, 0.6) is 0 Å². The van der Waals surface area contributed by atoms with Crippen LogP contribution in [-0.2, 0) is 11.8 Å². The van der Waals surface area contributed by atoms with Gasteiger partial charge < -0.3 is 10.5 Å². The third-order valence-electron chi connectivity index (χ3n) is 2.19. The molecule has 0 fully saturated rings. The second-order valence-electron chi connectivity index (χ2n) is 3.43. The Balaban J connectivity index is 2.38. The van der Waals surface area contributed by atoms with E-state index in [0.29, 0.717) is 21.3 Å². The third-order valence-corrected chi connectivity index (χ3v) is 3.30. The number of aryl methyl sites for hydroxylation is 1. The number of aromatic nitrogens is 4. The number of anilines is 1. The van der Waals surface area contributed by atoms with Gasteiger partial charge in [0.1, 0.15) is 0 Å². The maximum Gasteiger partial charge on any atom is 0.339 e. The average Bonchev–Trinajstić information content (AvgIpc) is 2.76. The zero-order valence-corrected chi connectivity index (χ0v) is 10.6. The van der Waals surface area contributed by atoms with Crippen molar-refractivity contribution in [1.82, 2.24) is 20.2 Å². The fourth-order valence-electron chi connectivity index (χ4n) is 1.31. The molecule has 8 heteroatoms. The Bertz CT molecular complexity index is 583. The summed E-state index contributed by atoms with van der Waals surface area (Å²) in [5.41, 5.74) is 6.55. The normalized spacial score (nSPS) is 10.3. The summed E-state index contributed by atoms with van der Waals surface area (Å²) in [5, 5.41) is 11.7. The summed E-state index contributed by atoms with van der Waals surface area (Å²) in [6.07, 6.45) is 0. The van der Waals surface area contributed by atoms with Crippen molar-refractivity contribution in [1.29, 1.82) is 0 Å². The van der Waals surface area contributed by atoms with Crippen LogP contribution in [0.1, 0.15) is 10.4 Å². The smallest absolute Gasteiger partial charge is 0.339 e. The summed E-state index contributed by atoms with van der Waals surface area (Å²) >= 11 is 1.27. The van der Waals surface area contributed by atoms with Gasteiger partial charge in [0.05, 0.1) is 12.7 Å². The summed E-state index contributed by atoms with van der Waals surface area (Å²) < 4.78 is 6.23. The van der Waals surface area contributed by atoms with E-state index in [1.54, 1.807) is 25.2 Å². The molecule has 94 valence electrons. The first-order valence-corrected chi connectivity index (χ1v) is 5.81. The Morgan fingerprint density at radius 2 is 2.28 bits per heavy atom. The van der Waals surface area contributed by atoms with E-state index in [4.69, 9.17) is 10.5 Å². The molecule has 1 aromatic heterocycles. The SMILES string of the molecule is COC(=O)c1cc(N)ccc1Sc1nnnn1C. The average molecular weight is 265 g/mol. The van der Waals surface area contributed by atoms with E-state index in [9.17, 15) is 4.79 Å². The minimum atomic E-state index is -0.445. The van der Waals surface area contributed by atoms with E-state index >= 15 is 0 Å². The molecule has 18 heavy (non-hydrogen) atoms. The summed E-state index contributed by atoms with van der Waals surface area (Å²) in [6.45, 7) is 0. The maximum absolute atomic E-state index is 11.7. The van der Waals surface area contributed by atoms with Crippen molar-refractivity contribution in [2.75, 3.05) is 12.8 Å². The molecular weight excluding hydrogens is 254 g/mol. The number of ether oxygens (including phenoxy) is 1. The summed E-state index contributed by atoms with van der Waals surface area (Å²) in [5.74, 6) is -0.445. The Kier molecular flexibility index (Phi) is 3.47. The van der Waals surface area contributed by atoms with Crippen LogP contribution in [0.2, 0.25) is 0 Å². The van der Waals surface area contributed by atoms with Crippen molar-refractivity contribution in [2.24, 2.45) is 7.05 Å². The molecule has 2 rings (SSSR count). The Hall–Kier alpha value is -2.09. The number of nitrogens with two attached hydrogens (primary N) is 1. The number of carbonyl (C=O) groups is 1. The number of esters is 1. The fraction of sp³-hybridized carbons (Fsp3) is 0.200. The largest absolute Gasteiger partial charge is 0.465 e. The van der Waals surface area contributed by atoms with Crippen molar-refractivity contribution in [3.05, 3.63) is 23.8 Å². The lowest BCUT2D eigenvalue weighted by molar-refractivity contribution is 0.0597. The first-order chi connectivity index (χ1) is 8.61. The summed E-state index contributed by atoms with van der Waals surface area (Å²) in [4.78, 5) is 12.3. The lowest BCUT2D eigenvalue weighted by atomic mass is 10.2. The molecule has 0 aliphatic heterocycles. The first-order valence-electron chi connectivity index (χ1n) is 5.00. The number of carbonyl (C=O) groups excluding carboxylic acids is 1. The molecule has 0 radical (unpaired) electrons. The molecule has 0 atom stereocenters. The molecule has 7 nitrogen and oxygen atoms in total. The van der Waals surface area contributed by atoms with E-state index in [0.717, 1.165) is 0 Å². The molecule has 2 aromatic rings. The van der Waals surface area contributed by atoms with Crippen molar-refractivity contribution in [2.45, 2.75) is 10.1 Å². The van der Waals surface area contributed by atoms with E-state index in [1.807, 2.05) is 0 Å². The molecular formula is C10H11N5O2S. The van der Waals surface area contributed by atoms with Crippen molar-refractivity contribution in [3.63, 3.8) is 0 Å². The number of methoxy groups -OCH3 is 1. The lowest BCUT2D eigenvalue weighted by Gasteiger charge is -2.07. The van der Waals surface area contributed by atoms with Gasteiger partial charge in [-0.15, -0.1) is 5.10 Å². The predicted octanol–water partition coefficient (Wildman–Crippen LogP) is 0.730. The molecule has 0 unspecified atom stereocenters. The Morgan fingerprint density at radius 1 is 1.50 bits per heavy atom. The van der Waals surface area contributed by atoms with Crippen LogP contribution in [0.3, 0.4) is 0 Å². The second kappa shape index (κ2) is 5.05. The molecule has 0 saturated heterocycles. The van der Waals surface area contributed by atoms with Crippen molar-refractivity contribution >= 4 is 23.4 Å². The lowest BCUT2D eigenvalue weighted by Crippen LogP contribution is -2.04. The van der Waals surface area contributed by atoms with Gasteiger partial charge in [-0.3, -0.25) is 0 Å². The molecule has 0 spiro atoms. The minimum absolute atomic E-state index is 0.394. The van der Waals surface area contributed by atoms with Crippen LogP contribution in [0, 0.1) is 0 Å². The van der Waals surface area contributed by atoms with Gasteiger partial charge in [-0.25, -0.2) is 9.48 Å². The van der Waals surface area contributed by atoms with Gasteiger partial charge in [-0.2, -0.15) is 0 Å². The highest BCUT2D eigenvalue weighted by Crippen LogP contribution is 2.30. The van der Waals surface area contributed by atoms with Crippen LogP contribution < -0.4 is 5.73 Å². The zero-order chi connectivity index (χ0) is 13.1. The van der Waals surface area contributed by atoms with E-state index in [1.165, 1.54) is 23.6 Å². The van der Waals surface area contributed by atoms with Gasteiger partial charge in [0.25, 0.3) is 0 Å². The number of hydrogen-bond donors (Lipinski definition) is 1. The van der Waals surface area contributed by atoms with Crippen LogP contribution in [0.4, 0.5) is 5.69 Å². The van der Waals surface area contributed by atoms with Crippen LogP contribution in [0.25, 0.3) is 0 Å². The number of hydrogen-bond acceptors (Lipinski definition) is 7. The molecule has 0 aliphatic carbocycles. The maximum atomic E-state index is 11.7. The second-order valence-corrected chi connectivity index (χ2v) is 4.44. The fourth-order valence-corrected chi connectivity index (χ4v) is 2.14. The number of benzene rings is 1. The van der Waals surface area contributed by atoms with Crippen molar-refractivity contribution in [3.8, 4) is 0 Å². The standard InChI is InChI=1S/C10H11N5O2S/c1-15-10(12-13-14-15)18-8-4-3-6(11)5-7(8)9(16)17-2/h3-5H,11H2,1-2H3. The van der Waals surface area contributed by atoms with Gasteiger partial charge in [0.2, 0.25) is 5.16 Å². The monoisotopic (exact) mass is 265 g/mol. The van der Waals surface area contributed by atoms with Crippen molar-refractivity contribution < 1.29 is 9.53 Å². The number of nitrogens with zero attached hydrogens (tertiary/aromatic N) is 4. The number of nitrogen functional groups attached to an aromatic ring is 1. The minimum Gasteiger partial charge on any atom is -0.465 e. The topological polar surface area (TPSA) is 95.9 Å². The number of rotatable bonds is 3. The first kappa shape index (κ1) is 12.4. The molecule has 0 aliphatic rings. The van der Waals surface area contributed by atoms with Gasteiger partial charge in [0.15, 0.2) is 0 Å². The quantitative estimate of drug-likeness (QED) is 0.645. The van der Waals surface area contributed by atoms with Crippen LogP contribution >= 0.6 is 11.8 Å². The summed E-state index contributed by atoms with van der Waals surface area (Å²) in [7, 11) is 3.04. The Labute approximate surface area is 107 Å². The van der Waals surface area contributed by atoms with E-state index < -0.39 is 5.97 Å². The predicted molar refractivity (Wildman–Crippen MR) is 65.1 cm³/mol. The van der Waals surface area contributed by atoms with Gasteiger partial charge in [-0.1, -0.05) is 0 Å². The highest BCUT2D eigenvalue weighted by molar-refractivity contribution is 7.99. The molecule has 0 saturated carbocycles. The number of tetrazole rings is 1. The van der Waals surface area contributed by atoms with Crippen LogP contribution in [0.15, 0.2) is 28.3 Å². The van der Waals surface area contributed by atoms with Gasteiger partial charge >= 0.3 is 5.97 Å². The summed E-state index contributed by atoms with van der Waals surface area (Å²) in [6, 6.07) is 5.01. The third kappa shape index (κ3) is 2.43. The highest BCUT2D eigenvalue weighted by atomic mass is 32.2. The van der Waals surface area contributed by atoms with E-state index in [-0.39, 0.29) is 0 Å². The Morgan fingerprint density at radius 3 is 2.89 bits per heavy atom. The highest BCUT2D eigenvalue weighted by Gasteiger charge is 2.15. The molecule has 2 N–H and O–H groups in total.